The number of ether oxygens (including phenoxy) is 2. The number of esters is 1. The van der Waals surface area contributed by atoms with Crippen molar-refractivity contribution in [3.8, 4) is 0 Å². The molecule has 0 spiro atoms. The molecule has 7 nitrogen and oxygen atoms in total. The number of piperidine rings is 1. The summed E-state index contributed by atoms with van der Waals surface area (Å²) in [7, 11) is 0. The number of hydrogen-bond donors (Lipinski definition) is 1. The summed E-state index contributed by atoms with van der Waals surface area (Å²) >= 11 is 0. The van der Waals surface area contributed by atoms with Gasteiger partial charge in [0.15, 0.2) is 6.61 Å². The van der Waals surface area contributed by atoms with Gasteiger partial charge in [-0.15, -0.1) is 0 Å². The van der Waals surface area contributed by atoms with Crippen LogP contribution in [0.25, 0.3) is 0 Å². The van der Waals surface area contributed by atoms with Crippen LogP contribution in [-0.2, 0) is 14.3 Å². The lowest BCUT2D eigenvalue weighted by molar-refractivity contribution is -0.137. The normalized spacial score (nSPS) is 19.7. The van der Waals surface area contributed by atoms with Crippen LogP contribution >= 0.6 is 0 Å². The van der Waals surface area contributed by atoms with E-state index in [1.54, 1.807) is 37.8 Å². The van der Waals surface area contributed by atoms with E-state index < -0.39 is 17.7 Å². The molecule has 1 aromatic carbocycles. The van der Waals surface area contributed by atoms with Crippen LogP contribution < -0.4 is 5.32 Å². The van der Waals surface area contributed by atoms with Crippen molar-refractivity contribution in [1.82, 2.24) is 4.90 Å². The Morgan fingerprint density at radius 3 is 2.18 bits per heavy atom. The lowest BCUT2D eigenvalue weighted by Crippen LogP contribution is -2.44. The Morgan fingerprint density at radius 1 is 1.07 bits per heavy atom. The van der Waals surface area contributed by atoms with Gasteiger partial charge in [-0.2, -0.15) is 0 Å². The molecule has 1 heterocycles. The van der Waals surface area contributed by atoms with Crippen molar-refractivity contribution < 1.29 is 23.9 Å². The Kier molecular flexibility index (Phi) is 7.05. The summed E-state index contributed by atoms with van der Waals surface area (Å²) < 4.78 is 10.3. The van der Waals surface area contributed by atoms with Crippen LogP contribution in [0.5, 0.6) is 0 Å². The van der Waals surface area contributed by atoms with Crippen molar-refractivity contribution in [2.24, 2.45) is 11.8 Å². The minimum absolute atomic E-state index is 0.171. The third kappa shape index (κ3) is 6.87. The van der Waals surface area contributed by atoms with Crippen LogP contribution in [0.2, 0.25) is 0 Å². The summed E-state index contributed by atoms with van der Waals surface area (Å²) in [6.45, 7) is 10.7. The van der Waals surface area contributed by atoms with Gasteiger partial charge in [0.25, 0.3) is 5.91 Å². The van der Waals surface area contributed by atoms with E-state index in [0.717, 1.165) is 6.42 Å². The van der Waals surface area contributed by atoms with Crippen molar-refractivity contribution in [1.29, 1.82) is 0 Å². The molecule has 1 aromatic rings. The zero-order valence-corrected chi connectivity index (χ0v) is 17.3. The lowest BCUT2D eigenvalue weighted by atomic mass is 9.92. The molecule has 2 amide bonds. The van der Waals surface area contributed by atoms with E-state index in [9.17, 15) is 14.4 Å². The first-order chi connectivity index (χ1) is 13.0. The van der Waals surface area contributed by atoms with E-state index in [0.29, 0.717) is 36.2 Å². The summed E-state index contributed by atoms with van der Waals surface area (Å²) in [6.07, 6.45) is 0.533. The van der Waals surface area contributed by atoms with Gasteiger partial charge in [0.05, 0.1) is 5.56 Å². The molecule has 1 aliphatic rings. The molecule has 0 aliphatic carbocycles. The Labute approximate surface area is 166 Å². The fourth-order valence-electron chi connectivity index (χ4n) is 3.28. The monoisotopic (exact) mass is 390 g/mol. The predicted molar refractivity (Wildman–Crippen MR) is 106 cm³/mol. The standard InChI is InChI=1S/C21H30N2O5/c1-14-10-15(2)12-23(11-14)18(24)13-27-19(25)16-6-8-17(9-7-16)22-20(26)28-21(3,4)5/h6-9,14-15H,10-13H2,1-5H3,(H,22,26)/t14-,15+. The van der Waals surface area contributed by atoms with Gasteiger partial charge in [0.2, 0.25) is 0 Å². The van der Waals surface area contributed by atoms with Gasteiger partial charge in [-0.05, 0) is 63.3 Å². The fourth-order valence-corrected chi connectivity index (χ4v) is 3.28. The summed E-state index contributed by atoms with van der Waals surface area (Å²) in [4.78, 5) is 38.0. The molecule has 0 saturated carbocycles. The molecule has 154 valence electrons. The molecule has 28 heavy (non-hydrogen) atoms. The number of hydrogen-bond acceptors (Lipinski definition) is 5. The van der Waals surface area contributed by atoms with E-state index in [4.69, 9.17) is 9.47 Å². The van der Waals surface area contributed by atoms with Gasteiger partial charge in [-0.1, -0.05) is 13.8 Å². The van der Waals surface area contributed by atoms with Gasteiger partial charge >= 0.3 is 12.1 Å². The highest BCUT2D eigenvalue weighted by Crippen LogP contribution is 2.21. The van der Waals surface area contributed by atoms with E-state index in [-0.39, 0.29) is 12.5 Å². The van der Waals surface area contributed by atoms with Gasteiger partial charge in [-0.25, -0.2) is 9.59 Å². The highest BCUT2D eigenvalue weighted by molar-refractivity contribution is 5.92. The van der Waals surface area contributed by atoms with Crippen LogP contribution in [0.15, 0.2) is 24.3 Å². The van der Waals surface area contributed by atoms with Gasteiger partial charge < -0.3 is 14.4 Å². The SMILES string of the molecule is C[C@@H]1C[C@H](C)CN(C(=O)COC(=O)c2ccc(NC(=O)OC(C)(C)C)cc2)C1. The Bertz CT molecular complexity index is 699. The number of carbonyl (C=O) groups excluding carboxylic acids is 3. The van der Waals surface area contributed by atoms with Crippen LogP contribution in [0.1, 0.15) is 51.4 Å². The zero-order valence-electron chi connectivity index (χ0n) is 17.3. The van der Waals surface area contributed by atoms with E-state index >= 15 is 0 Å². The largest absolute Gasteiger partial charge is 0.452 e. The molecule has 0 bridgehead atoms. The number of rotatable bonds is 4. The maximum atomic E-state index is 12.3. The molecule has 0 radical (unpaired) electrons. The minimum Gasteiger partial charge on any atom is -0.452 e. The maximum absolute atomic E-state index is 12.3. The molecule has 1 saturated heterocycles. The molecule has 0 aromatic heterocycles. The molecule has 1 fully saturated rings. The van der Waals surface area contributed by atoms with E-state index in [1.807, 2.05) is 0 Å². The molecular weight excluding hydrogens is 360 g/mol. The van der Waals surface area contributed by atoms with Crippen LogP contribution in [-0.4, -0.2) is 48.2 Å². The van der Waals surface area contributed by atoms with Gasteiger partial charge in [0.1, 0.15) is 5.60 Å². The molecule has 1 aliphatic heterocycles. The molecule has 7 heteroatoms. The van der Waals surface area contributed by atoms with Crippen molar-refractivity contribution in [2.75, 3.05) is 25.0 Å². The van der Waals surface area contributed by atoms with Gasteiger partial charge in [0, 0.05) is 18.8 Å². The average molecular weight is 390 g/mol. The second-order valence-corrected chi connectivity index (χ2v) is 8.53. The predicted octanol–water partition coefficient (Wildman–Crippen LogP) is 3.69. The summed E-state index contributed by atoms with van der Waals surface area (Å²) in [5.74, 6) is 0.159. The molecule has 0 unspecified atom stereocenters. The number of carbonyl (C=O) groups is 3. The number of nitrogens with zero attached hydrogens (tertiary/aromatic N) is 1. The smallest absolute Gasteiger partial charge is 0.412 e. The number of anilines is 1. The molecular formula is C21H30N2O5. The molecule has 1 N–H and O–H groups in total. The summed E-state index contributed by atoms with van der Waals surface area (Å²) in [6, 6.07) is 6.22. The fraction of sp³-hybridized carbons (Fsp3) is 0.571. The Balaban J connectivity index is 1.84. The first-order valence-electron chi connectivity index (χ1n) is 9.58. The molecule has 2 atom stereocenters. The van der Waals surface area contributed by atoms with Crippen molar-refractivity contribution >= 4 is 23.7 Å². The highest BCUT2D eigenvalue weighted by Gasteiger charge is 2.26. The number of nitrogens with one attached hydrogen (secondary N) is 1. The highest BCUT2D eigenvalue weighted by atomic mass is 16.6. The minimum atomic E-state index is -0.593. The number of amides is 2. The lowest BCUT2D eigenvalue weighted by Gasteiger charge is -2.34. The number of likely N-dealkylation sites (tertiary alicyclic amines) is 1. The van der Waals surface area contributed by atoms with Crippen molar-refractivity contribution in [2.45, 2.75) is 46.6 Å². The quantitative estimate of drug-likeness (QED) is 0.793. The molecule has 2 rings (SSSR count). The van der Waals surface area contributed by atoms with Crippen LogP contribution in [0.4, 0.5) is 10.5 Å². The Morgan fingerprint density at radius 2 is 1.64 bits per heavy atom. The van der Waals surface area contributed by atoms with Crippen molar-refractivity contribution in [3.63, 3.8) is 0 Å². The summed E-state index contributed by atoms with van der Waals surface area (Å²) in [5.41, 5.74) is 0.214. The maximum Gasteiger partial charge on any atom is 0.412 e. The van der Waals surface area contributed by atoms with Crippen LogP contribution in [0.3, 0.4) is 0 Å². The van der Waals surface area contributed by atoms with E-state index in [2.05, 4.69) is 19.2 Å². The van der Waals surface area contributed by atoms with Crippen LogP contribution in [0, 0.1) is 11.8 Å². The second kappa shape index (κ2) is 9.08. The zero-order chi connectivity index (χ0) is 20.9. The third-order valence-corrected chi connectivity index (χ3v) is 4.31. The summed E-state index contributed by atoms with van der Waals surface area (Å²) in [5, 5.41) is 2.59. The second-order valence-electron chi connectivity index (χ2n) is 8.53. The Hall–Kier alpha value is -2.57. The van der Waals surface area contributed by atoms with Crippen molar-refractivity contribution in [3.05, 3.63) is 29.8 Å². The van der Waals surface area contributed by atoms with Gasteiger partial charge in [-0.3, -0.25) is 10.1 Å². The number of benzene rings is 1. The third-order valence-electron chi connectivity index (χ3n) is 4.31. The topological polar surface area (TPSA) is 84.9 Å². The first-order valence-corrected chi connectivity index (χ1v) is 9.58. The first kappa shape index (κ1) is 21.7. The average Bonchev–Trinajstić information content (AvgIpc) is 2.57. The van der Waals surface area contributed by atoms with E-state index in [1.165, 1.54) is 12.1 Å².